The summed E-state index contributed by atoms with van der Waals surface area (Å²) in [5, 5.41) is 0. The molecule has 0 radical (unpaired) electrons. The third kappa shape index (κ3) is 6.68. The third-order valence-corrected chi connectivity index (χ3v) is 3.99. The number of anilines is 1. The van der Waals surface area contributed by atoms with Gasteiger partial charge in [-0.3, -0.25) is 4.79 Å². The summed E-state index contributed by atoms with van der Waals surface area (Å²) < 4.78 is 16.1. The smallest absolute Gasteiger partial charge is 0.331 e. The molecule has 0 aliphatic carbocycles. The van der Waals surface area contributed by atoms with Crippen molar-refractivity contribution in [2.75, 3.05) is 25.2 Å². The molecule has 154 valence electrons. The van der Waals surface area contributed by atoms with Crippen LogP contribution < -0.4 is 14.4 Å². The van der Waals surface area contributed by atoms with Crippen molar-refractivity contribution in [2.24, 2.45) is 0 Å². The molecule has 6 heteroatoms. The third-order valence-electron chi connectivity index (χ3n) is 3.99. The van der Waals surface area contributed by atoms with Gasteiger partial charge in [-0.05, 0) is 56.7 Å². The van der Waals surface area contributed by atoms with E-state index >= 15 is 0 Å². The number of nitrogens with zero attached hydrogens (tertiary/aromatic N) is 1. The van der Waals surface area contributed by atoms with Crippen molar-refractivity contribution in [3.8, 4) is 11.5 Å². The highest BCUT2D eigenvalue weighted by atomic mass is 16.5. The van der Waals surface area contributed by atoms with Crippen LogP contribution in [0.2, 0.25) is 0 Å². The Morgan fingerprint density at radius 2 is 1.79 bits per heavy atom. The van der Waals surface area contributed by atoms with E-state index in [9.17, 15) is 9.59 Å². The normalized spacial score (nSPS) is 10.8. The molecule has 0 unspecified atom stereocenters. The van der Waals surface area contributed by atoms with Crippen LogP contribution >= 0.6 is 0 Å². The minimum absolute atomic E-state index is 0.0244. The molecule has 1 amide bonds. The molecule has 0 aliphatic rings. The van der Waals surface area contributed by atoms with Gasteiger partial charge in [0, 0.05) is 18.3 Å². The Bertz CT molecular complexity index is 846. The second kappa shape index (κ2) is 10.9. The Morgan fingerprint density at radius 1 is 1.07 bits per heavy atom. The van der Waals surface area contributed by atoms with Crippen LogP contribution in [0.4, 0.5) is 5.69 Å². The van der Waals surface area contributed by atoms with Crippen molar-refractivity contribution < 1.29 is 23.8 Å². The van der Waals surface area contributed by atoms with Gasteiger partial charge in [0.1, 0.15) is 0 Å². The number of esters is 1. The molecule has 2 rings (SSSR count). The molecular formula is C23H27NO5. The van der Waals surface area contributed by atoms with Crippen molar-refractivity contribution in [1.29, 1.82) is 0 Å². The molecule has 0 atom stereocenters. The Kier molecular flexibility index (Phi) is 8.27. The lowest BCUT2D eigenvalue weighted by Crippen LogP contribution is -2.34. The van der Waals surface area contributed by atoms with Crippen molar-refractivity contribution in [1.82, 2.24) is 0 Å². The Morgan fingerprint density at radius 3 is 2.41 bits per heavy atom. The van der Waals surface area contributed by atoms with E-state index in [2.05, 4.69) is 0 Å². The second-order valence-electron chi connectivity index (χ2n) is 6.49. The number of carbonyl (C=O) groups excluding carboxylic acids is 2. The fraction of sp³-hybridized carbons (Fsp3) is 0.304. The lowest BCUT2D eigenvalue weighted by Gasteiger charge is -2.20. The van der Waals surface area contributed by atoms with E-state index in [-0.39, 0.29) is 18.6 Å². The quantitative estimate of drug-likeness (QED) is 0.471. The maximum absolute atomic E-state index is 12.4. The van der Waals surface area contributed by atoms with Gasteiger partial charge in [0.05, 0.1) is 13.2 Å². The number of ether oxygens (including phenoxy) is 3. The molecule has 2 aromatic rings. The predicted octanol–water partition coefficient (Wildman–Crippen LogP) is 4.09. The molecule has 0 N–H and O–H groups in total. The fourth-order valence-corrected chi connectivity index (χ4v) is 2.67. The van der Waals surface area contributed by atoms with Gasteiger partial charge in [0.2, 0.25) is 0 Å². The molecule has 2 aromatic carbocycles. The number of likely N-dealkylation sites (N-methyl/N-ethyl adjacent to an activating group) is 1. The standard InChI is InChI=1S/C23H27NO5/c1-5-24(19-9-7-6-8-10-19)22(25)16-28-23(26)14-12-18-11-13-20(29-17(2)3)21(15-18)27-4/h6-15,17H,5,16H2,1-4H3/b14-12+. The van der Waals surface area contributed by atoms with Gasteiger partial charge < -0.3 is 19.1 Å². The molecule has 0 spiro atoms. The first kappa shape index (κ1) is 22.0. The summed E-state index contributed by atoms with van der Waals surface area (Å²) in [7, 11) is 1.56. The van der Waals surface area contributed by atoms with Gasteiger partial charge in [0.15, 0.2) is 18.1 Å². The van der Waals surface area contributed by atoms with Gasteiger partial charge in [0.25, 0.3) is 5.91 Å². The van der Waals surface area contributed by atoms with Crippen molar-refractivity contribution >= 4 is 23.6 Å². The van der Waals surface area contributed by atoms with Crippen molar-refractivity contribution in [2.45, 2.75) is 26.9 Å². The lowest BCUT2D eigenvalue weighted by molar-refractivity contribution is -0.142. The SMILES string of the molecule is CCN(C(=O)COC(=O)/C=C/c1ccc(OC(C)C)c(OC)c1)c1ccccc1. The van der Waals surface area contributed by atoms with Crippen LogP contribution in [0.1, 0.15) is 26.3 Å². The molecule has 0 saturated carbocycles. The van der Waals surface area contributed by atoms with Crippen LogP contribution in [0.5, 0.6) is 11.5 Å². The number of benzene rings is 2. The first-order chi connectivity index (χ1) is 13.9. The zero-order valence-electron chi connectivity index (χ0n) is 17.3. The van der Waals surface area contributed by atoms with Gasteiger partial charge in [-0.15, -0.1) is 0 Å². The molecule has 6 nitrogen and oxygen atoms in total. The maximum atomic E-state index is 12.4. The average molecular weight is 397 g/mol. The molecule has 0 fully saturated rings. The first-order valence-corrected chi connectivity index (χ1v) is 9.49. The van der Waals surface area contributed by atoms with Crippen LogP contribution in [0.3, 0.4) is 0 Å². The van der Waals surface area contributed by atoms with Crippen LogP contribution in [-0.4, -0.2) is 38.2 Å². The van der Waals surface area contributed by atoms with E-state index in [1.54, 1.807) is 30.2 Å². The number of hydrogen-bond acceptors (Lipinski definition) is 5. The zero-order valence-corrected chi connectivity index (χ0v) is 17.3. The number of methoxy groups -OCH3 is 1. The zero-order chi connectivity index (χ0) is 21.2. The number of rotatable bonds is 9. The van der Waals surface area contributed by atoms with E-state index in [1.807, 2.05) is 57.2 Å². The van der Waals surface area contributed by atoms with Crippen molar-refractivity contribution in [3.63, 3.8) is 0 Å². The number of para-hydroxylation sites is 1. The highest BCUT2D eigenvalue weighted by Crippen LogP contribution is 2.29. The van der Waals surface area contributed by atoms with Crippen LogP contribution in [0.15, 0.2) is 54.6 Å². The number of amides is 1. The maximum Gasteiger partial charge on any atom is 0.331 e. The Labute approximate surface area is 171 Å². The van der Waals surface area contributed by atoms with E-state index in [1.165, 1.54) is 6.08 Å². The minimum atomic E-state index is -0.594. The second-order valence-corrected chi connectivity index (χ2v) is 6.49. The van der Waals surface area contributed by atoms with Crippen LogP contribution in [0.25, 0.3) is 6.08 Å². The van der Waals surface area contributed by atoms with E-state index in [0.717, 1.165) is 11.3 Å². The summed E-state index contributed by atoms with van der Waals surface area (Å²) in [5.41, 5.74) is 1.52. The summed E-state index contributed by atoms with van der Waals surface area (Å²) >= 11 is 0. The molecule has 0 heterocycles. The molecule has 0 bridgehead atoms. The van der Waals surface area contributed by atoms with Crippen LogP contribution in [-0.2, 0) is 14.3 Å². The summed E-state index contributed by atoms with van der Waals surface area (Å²) in [6.07, 6.45) is 2.91. The molecule has 0 aliphatic heterocycles. The van der Waals surface area contributed by atoms with E-state index in [4.69, 9.17) is 14.2 Å². The largest absolute Gasteiger partial charge is 0.493 e. The predicted molar refractivity (Wildman–Crippen MR) is 113 cm³/mol. The fourth-order valence-electron chi connectivity index (χ4n) is 2.67. The average Bonchev–Trinajstić information content (AvgIpc) is 2.72. The molecular weight excluding hydrogens is 370 g/mol. The lowest BCUT2D eigenvalue weighted by atomic mass is 10.2. The summed E-state index contributed by atoms with van der Waals surface area (Å²) in [5.74, 6) is 0.334. The first-order valence-electron chi connectivity index (χ1n) is 9.49. The molecule has 0 aromatic heterocycles. The summed E-state index contributed by atoms with van der Waals surface area (Å²) in [6.45, 7) is 5.90. The monoisotopic (exact) mass is 397 g/mol. The van der Waals surface area contributed by atoms with E-state index < -0.39 is 5.97 Å². The molecule has 0 saturated heterocycles. The summed E-state index contributed by atoms with van der Waals surface area (Å²) in [4.78, 5) is 25.9. The number of hydrogen-bond donors (Lipinski definition) is 0. The van der Waals surface area contributed by atoms with Gasteiger partial charge in [-0.2, -0.15) is 0 Å². The molecule has 29 heavy (non-hydrogen) atoms. The van der Waals surface area contributed by atoms with E-state index in [0.29, 0.717) is 18.0 Å². The number of carbonyl (C=O) groups is 2. The van der Waals surface area contributed by atoms with Crippen molar-refractivity contribution in [3.05, 3.63) is 60.2 Å². The Hall–Kier alpha value is -3.28. The highest BCUT2D eigenvalue weighted by molar-refractivity contribution is 5.96. The Balaban J connectivity index is 1.94. The highest BCUT2D eigenvalue weighted by Gasteiger charge is 2.15. The van der Waals surface area contributed by atoms with Gasteiger partial charge in [-0.25, -0.2) is 4.79 Å². The van der Waals surface area contributed by atoms with Crippen LogP contribution in [0, 0.1) is 0 Å². The topological polar surface area (TPSA) is 65.1 Å². The summed E-state index contributed by atoms with van der Waals surface area (Å²) in [6, 6.07) is 14.6. The van der Waals surface area contributed by atoms with Gasteiger partial charge in [-0.1, -0.05) is 24.3 Å². The van der Waals surface area contributed by atoms with Gasteiger partial charge >= 0.3 is 5.97 Å². The minimum Gasteiger partial charge on any atom is -0.493 e.